The fraction of sp³-hybridized carbons (Fsp3) is 0.375. The Morgan fingerprint density at radius 2 is 1.80 bits per heavy atom. The van der Waals surface area contributed by atoms with Crippen LogP contribution in [0.3, 0.4) is 0 Å². The summed E-state index contributed by atoms with van der Waals surface area (Å²) in [6, 6.07) is 10.1. The van der Waals surface area contributed by atoms with Gasteiger partial charge in [0.1, 0.15) is 24.1 Å². The van der Waals surface area contributed by atoms with Crippen molar-refractivity contribution >= 4 is 28.1 Å². The molecule has 1 unspecified atom stereocenters. The molecule has 0 amide bonds. The quantitative estimate of drug-likeness (QED) is 0.512. The maximum atomic E-state index is 12.8. The Labute approximate surface area is 203 Å². The summed E-state index contributed by atoms with van der Waals surface area (Å²) in [5.41, 5.74) is 1.43. The summed E-state index contributed by atoms with van der Waals surface area (Å²) in [4.78, 5) is 17.6. The molecular weight excluding hydrogens is 479 g/mol. The SMILES string of the molecule is CS(=O)c1ccc2c(c1)CCN2c1cc(OC2CCN(c3ccc(C(F)(F)F)cn3)CC2)ncn1. The molecule has 4 heterocycles. The summed E-state index contributed by atoms with van der Waals surface area (Å²) in [7, 11) is -1.02. The van der Waals surface area contributed by atoms with E-state index in [1.54, 1.807) is 6.26 Å². The van der Waals surface area contributed by atoms with Crippen molar-refractivity contribution in [2.24, 2.45) is 0 Å². The van der Waals surface area contributed by atoms with Crippen molar-refractivity contribution in [3.8, 4) is 5.88 Å². The van der Waals surface area contributed by atoms with E-state index < -0.39 is 22.5 Å². The first kappa shape index (κ1) is 23.5. The minimum Gasteiger partial charge on any atom is -0.474 e. The van der Waals surface area contributed by atoms with E-state index in [1.165, 1.54) is 12.4 Å². The number of piperidine rings is 1. The zero-order valence-electron chi connectivity index (χ0n) is 19.0. The molecule has 2 aromatic heterocycles. The second-order valence-electron chi connectivity index (χ2n) is 8.57. The fourth-order valence-electron chi connectivity index (χ4n) is 4.45. The van der Waals surface area contributed by atoms with E-state index in [0.29, 0.717) is 37.6 Å². The van der Waals surface area contributed by atoms with Crippen LogP contribution in [0.1, 0.15) is 24.0 Å². The molecule has 11 heteroatoms. The van der Waals surface area contributed by atoms with Gasteiger partial charge in [-0.05, 0) is 42.3 Å². The van der Waals surface area contributed by atoms with Crippen molar-refractivity contribution < 1.29 is 22.1 Å². The van der Waals surface area contributed by atoms with Gasteiger partial charge < -0.3 is 14.5 Å². The molecular formula is C24H24F3N5O2S. The third-order valence-electron chi connectivity index (χ3n) is 6.31. The number of aromatic nitrogens is 3. The van der Waals surface area contributed by atoms with Crippen LogP contribution in [0.4, 0.5) is 30.5 Å². The van der Waals surface area contributed by atoms with Gasteiger partial charge in [-0.2, -0.15) is 13.2 Å². The predicted molar refractivity (Wildman–Crippen MR) is 127 cm³/mol. The van der Waals surface area contributed by atoms with Gasteiger partial charge in [0.05, 0.1) is 5.56 Å². The molecule has 0 bridgehead atoms. The van der Waals surface area contributed by atoms with Gasteiger partial charge in [0, 0.05) is 72.4 Å². The lowest BCUT2D eigenvalue weighted by molar-refractivity contribution is -0.137. The van der Waals surface area contributed by atoms with Gasteiger partial charge in [-0.3, -0.25) is 4.21 Å². The lowest BCUT2D eigenvalue weighted by Crippen LogP contribution is -2.38. The van der Waals surface area contributed by atoms with E-state index >= 15 is 0 Å². The van der Waals surface area contributed by atoms with E-state index in [9.17, 15) is 17.4 Å². The summed E-state index contributed by atoms with van der Waals surface area (Å²) in [5, 5.41) is 0. The Kier molecular flexibility index (Phi) is 6.35. The third-order valence-corrected chi connectivity index (χ3v) is 7.23. The van der Waals surface area contributed by atoms with Crippen LogP contribution in [0.5, 0.6) is 5.88 Å². The predicted octanol–water partition coefficient (Wildman–Crippen LogP) is 4.37. The third kappa shape index (κ3) is 5.09. The van der Waals surface area contributed by atoms with Crippen molar-refractivity contribution in [2.75, 3.05) is 35.7 Å². The second kappa shape index (κ2) is 9.44. The fourth-order valence-corrected chi connectivity index (χ4v) is 5.02. The summed E-state index contributed by atoms with van der Waals surface area (Å²) >= 11 is 0. The normalized spacial score (nSPS) is 17.4. The number of fused-ring (bicyclic) bond motifs is 1. The second-order valence-corrected chi connectivity index (χ2v) is 9.95. The maximum absolute atomic E-state index is 12.8. The molecule has 1 fully saturated rings. The topological polar surface area (TPSA) is 71.5 Å². The molecule has 1 saturated heterocycles. The molecule has 0 radical (unpaired) electrons. The molecule has 5 rings (SSSR count). The summed E-state index contributed by atoms with van der Waals surface area (Å²) < 4.78 is 56.2. The highest BCUT2D eigenvalue weighted by atomic mass is 32.2. The van der Waals surface area contributed by atoms with Crippen molar-refractivity contribution in [1.29, 1.82) is 0 Å². The van der Waals surface area contributed by atoms with Crippen LogP contribution in [0.25, 0.3) is 0 Å². The molecule has 0 aliphatic carbocycles. The largest absolute Gasteiger partial charge is 0.474 e. The monoisotopic (exact) mass is 503 g/mol. The van der Waals surface area contributed by atoms with Crippen LogP contribution >= 0.6 is 0 Å². The van der Waals surface area contributed by atoms with Crippen molar-refractivity contribution in [1.82, 2.24) is 15.0 Å². The molecule has 184 valence electrons. The first-order chi connectivity index (χ1) is 16.8. The van der Waals surface area contributed by atoms with E-state index in [1.807, 2.05) is 29.2 Å². The van der Waals surface area contributed by atoms with E-state index in [0.717, 1.165) is 47.2 Å². The molecule has 3 aromatic rings. The number of nitrogens with zero attached hydrogens (tertiary/aromatic N) is 5. The number of benzene rings is 1. The van der Waals surface area contributed by atoms with Gasteiger partial charge in [-0.25, -0.2) is 15.0 Å². The van der Waals surface area contributed by atoms with Crippen molar-refractivity contribution in [3.63, 3.8) is 0 Å². The lowest BCUT2D eigenvalue weighted by atomic mass is 10.1. The molecule has 35 heavy (non-hydrogen) atoms. The molecule has 2 aliphatic rings. The Bertz CT molecular complexity index is 1230. The number of anilines is 3. The molecule has 1 aromatic carbocycles. The molecule has 0 saturated carbocycles. The standard InChI is InChI=1S/C24H24F3N5O2S/c1-35(33)19-3-4-20-16(12-19)6-11-32(20)22-13-23(30-15-29-22)34-18-7-9-31(10-8-18)21-5-2-17(14-28-21)24(25,26)27/h2-5,12-15,18H,6-11H2,1H3. The number of ether oxygens (including phenoxy) is 1. The minimum absolute atomic E-state index is 0.0589. The Morgan fingerprint density at radius 1 is 1.00 bits per heavy atom. The molecule has 2 aliphatic heterocycles. The average Bonchev–Trinajstić information content (AvgIpc) is 3.28. The Hall–Kier alpha value is -3.21. The van der Waals surface area contributed by atoms with Crippen molar-refractivity contribution in [3.05, 3.63) is 60.0 Å². The van der Waals surface area contributed by atoms with E-state index in [-0.39, 0.29) is 6.10 Å². The van der Waals surface area contributed by atoms with Crippen LogP contribution in [-0.4, -0.2) is 51.2 Å². The van der Waals surface area contributed by atoms with Gasteiger partial charge in [0.25, 0.3) is 0 Å². The maximum Gasteiger partial charge on any atom is 0.417 e. The Balaban J connectivity index is 1.21. The van der Waals surface area contributed by atoms with Crippen LogP contribution in [0, 0.1) is 0 Å². The summed E-state index contributed by atoms with van der Waals surface area (Å²) in [6.07, 6.45) is 1.83. The van der Waals surface area contributed by atoms with Crippen LogP contribution < -0.4 is 14.5 Å². The van der Waals surface area contributed by atoms with Gasteiger partial charge in [0.15, 0.2) is 0 Å². The highest BCUT2D eigenvalue weighted by Gasteiger charge is 2.31. The highest BCUT2D eigenvalue weighted by molar-refractivity contribution is 7.84. The number of hydrogen-bond acceptors (Lipinski definition) is 7. The number of halogens is 3. The smallest absolute Gasteiger partial charge is 0.417 e. The van der Waals surface area contributed by atoms with Crippen LogP contribution in [0.15, 0.2) is 53.8 Å². The number of pyridine rings is 1. The first-order valence-electron chi connectivity index (χ1n) is 11.3. The Morgan fingerprint density at radius 3 is 2.49 bits per heavy atom. The van der Waals surface area contributed by atoms with Crippen LogP contribution in [0.2, 0.25) is 0 Å². The van der Waals surface area contributed by atoms with Crippen LogP contribution in [-0.2, 0) is 23.4 Å². The van der Waals surface area contributed by atoms with Gasteiger partial charge in [-0.1, -0.05) is 0 Å². The number of rotatable bonds is 5. The van der Waals surface area contributed by atoms with E-state index in [2.05, 4.69) is 19.9 Å². The number of hydrogen-bond donors (Lipinski definition) is 0. The van der Waals surface area contributed by atoms with Gasteiger partial charge >= 0.3 is 6.18 Å². The molecule has 1 atom stereocenters. The zero-order valence-corrected chi connectivity index (χ0v) is 19.8. The lowest BCUT2D eigenvalue weighted by Gasteiger charge is -2.32. The highest BCUT2D eigenvalue weighted by Crippen LogP contribution is 2.35. The minimum atomic E-state index is -4.39. The molecule has 0 spiro atoms. The summed E-state index contributed by atoms with van der Waals surface area (Å²) in [5.74, 6) is 1.76. The zero-order chi connectivity index (χ0) is 24.6. The average molecular weight is 504 g/mol. The van der Waals surface area contributed by atoms with E-state index in [4.69, 9.17) is 4.74 Å². The first-order valence-corrected chi connectivity index (χ1v) is 12.8. The van der Waals surface area contributed by atoms with Crippen molar-refractivity contribution in [2.45, 2.75) is 36.4 Å². The molecule has 0 N–H and O–H groups in total. The molecule has 7 nitrogen and oxygen atoms in total. The number of alkyl halides is 3. The van der Waals surface area contributed by atoms with Gasteiger partial charge in [-0.15, -0.1) is 0 Å². The summed E-state index contributed by atoms with van der Waals surface area (Å²) in [6.45, 7) is 2.02. The van der Waals surface area contributed by atoms with Gasteiger partial charge in [0.2, 0.25) is 5.88 Å².